The molecule has 0 aromatic heterocycles. The van der Waals surface area contributed by atoms with E-state index < -0.39 is 11.5 Å². The number of carboxylic acid groups (broad SMARTS) is 1. The zero-order valence-electron chi connectivity index (χ0n) is 8.90. The molecular formula is C9H17N3O3. The fourth-order valence-electron chi connectivity index (χ4n) is 0.715. The summed E-state index contributed by atoms with van der Waals surface area (Å²) in [5.41, 5.74) is 6.13. The third kappa shape index (κ3) is 5.82. The van der Waals surface area contributed by atoms with E-state index in [2.05, 4.69) is 4.99 Å². The standard InChI is InChI=1S/C9H17N3O3/c1-7(12-15)11-6-4-3-5-9(2,10)8(13)14/h3-4,15H,5-6,10H2,1-2H3,(H,11,12)(H,13,14)/b4-3+/t9-/m0/s1. The molecule has 5 N–H and O–H groups in total. The van der Waals surface area contributed by atoms with Gasteiger partial charge in [-0.15, -0.1) is 0 Å². The van der Waals surface area contributed by atoms with Crippen molar-refractivity contribution in [2.45, 2.75) is 25.8 Å². The van der Waals surface area contributed by atoms with Crippen molar-refractivity contribution in [3.63, 3.8) is 0 Å². The maximum absolute atomic E-state index is 10.6. The smallest absolute Gasteiger partial charge is 0.323 e. The molecule has 1 atom stereocenters. The third-order valence-electron chi connectivity index (χ3n) is 1.79. The van der Waals surface area contributed by atoms with Crippen LogP contribution >= 0.6 is 0 Å². The lowest BCUT2D eigenvalue weighted by molar-refractivity contribution is -0.142. The van der Waals surface area contributed by atoms with Gasteiger partial charge in [0.2, 0.25) is 0 Å². The van der Waals surface area contributed by atoms with Gasteiger partial charge in [-0.2, -0.15) is 0 Å². The van der Waals surface area contributed by atoms with Gasteiger partial charge in [0.15, 0.2) is 0 Å². The molecule has 0 fully saturated rings. The minimum absolute atomic E-state index is 0.240. The van der Waals surface area contributed by atoms with Gasteiger partial charge in [0, 0.05) is 0 Å². The SMILES string of the molecule is CC(=NC/C=C/C[C@](C)(N)C(=O)O)NO. The first kappa shape index (κ1) is 13.6. The highest BCUT2D eigenvalue weighted by molar-refractivity contribution is 5.78. The van der Waals surface area contributed by atoms with Crippen molar-refractivity contribution in [1.82, 2.24) is 5.48 Å². The van der Waals surface area contributed by atoms with Crippen LogP contribution in [0.5, 0.6) is 0 Å². The van der Waals surface area contributed by atoms with Crippen LogP contribution in [0.2, 0.25) is 0 Å². The van der Waals surface area contributed by atoms with E-state index in [-0.39, 0.29) is 6.42 Å². The van der Waals surface area contributed by atoms with Crippen molar-refractivity contribution in [1.29, 1.82) is 0 Å². The molecule has 0 unspecified atom stereocenters. The van der Waals surface area contributed by atoms with Crippen LogP contribution in [0.1, 0.15) is 20.3 Å². The molecular weight excluding hydrogens is 198 g/mol. The monoisotopic (exact) mass is 215 g/mol. The highest BCUT2D eigenvalue weighted by Crippen LogP contribution is 2.06. The fraction of sp³-hybridized carbons (Fsp3) is 0.556. The minimum Gasteiger partial charge on any atom is -0.480 e. The van der Waals surface area contributed by atoms with Crippen LogP contribution in [0, 0.1) is 0 Å². The van der Waals surface area contributed by atoms with E-state index in [4.69, 9.17) is 16.0 Å². The molecule has 0 radical (unpaired) electrons. The quantitative estimate of drug-likeness (QED) is 0.226. The van der Waals surface area contributed by atoms with Crippen molar-refractivity contribution in [2.24, 2.45) is 10.7 Å². The summed E-state index contributed by atoms with van der Waals surface area (Å²) in [5, 5.41) is 17.1. The van der Waals surface area contributed by atoms with Gasteiger partial charge in [0.1, 0.15) is 11.4 Å². The second kappa shape index (κ2) is 6.15. The number of nitrogens with two attached hydrogens (primary N) is 1. The molecule has 15 heavy (non-hydrogen) atoms. The van der Waals surface area contributed by atoms with Gasteiger partial charge >= 0.3 is 5.97 Å². The van der Waals surface area contributed by atoms with E-state index in [1.807, 2.05) is 5.48 Å². The summed E-state index contributed by atoms with van der Waals surface area (Å²) in [4.78, 5) is 14.5. The van der Waals surface area contributed by atoms with Crippen molar-refractivity contribution < 1.29 is 15.1 Å². The van der Waals surface area contributed by atoms with E-state index in [1.54, 1.807) is 19.1 Å². The Morgan fingerprint density at radius 2 is 2.20 bits per heavy atom. The second-order valence-corrected chi connectivity index (χ2v) is 3.44. The number of hydroxylamine groups is 1. The molecule has 0 aromatic carbocycles. The van der Waals surface area contributed by atoms with Crippen LogP contribution in [0.4, 0.5) is 0 Å². The zero-order valence-corrected chi connectivity index (χ0v) is 8.90. The Labute approximate surface area is 88.5 Å². The van der Waals surface area contributed by atoms with Crippen LogP contribution in [0.25, 0.3) is 0 Å². The van der Waals surface area contributed by atoms with E-state index >= 15 is 0 Å². The van der Waals surface area contributed by atoms with Gasteiger partial charge in [-0.05, 0) is 20.3 Å². The molecule has 0 amide bonds. The Hall–Kier alpha value is -1.40. The average Bonchev–Trinajstić information content (AvgIpc) is 2.16. The predicted molar refractivity (Wildman–Crippen MR) is 56.9 cm³/mol. The molecule has 6 heteroatoms. The number of hydrogen-bond acceptors (Lipinski definition) is 4. The lowest BCUT2D eigenvalue weighted by atomic mass is 10.00. The fourth-order valence-corrected chi connectivity index (χ4v) is 0.715. The highest BCUT2D eigenvalue weighted by atomic mass is 16.5. The van der Waals surface area contributed by atoms with Crippen LogP contribution in [0.3, 0.4) is 0 Å². The van der Waals surface area contributed by atoms with Gasteiger partial charge in [0.25, 0.3) is 0 Å². The van der Waals surface area contributed by atoms with E-state index in [0.29, 0.717) is 12.4 Å². The number of aliphatic imine (C=N–C) groups is 1. The molecule has 0 aromatic rings. The summed E-state index contributed by atoms with van der Waals surface area (Å²) >= 11 is 0. The van der Waals surface area contributed by atoms with Crippen molar-refractivity contribution in [3.8, 4) is 0 Å². The summed E-state index contributed by atoms with van der Waals surface area (Å²) < 4.78 is 0. The number of carbonyl (C=O) groups is 1. The lowest BCUT2D eigenvalue weighted by Crippen LogP contribution is -2.44. The number of rotatable bonds is 5. The molecule has 0 aliphatic rings. The summed E-state index contributed by atoms with van der Waals surface area (Å²) in [5.74, 6) is -0.641. The first-order valence-corrected chi connectivity index (χ1v) is 4.48. The van der Waals surface area contributed by atoms with Gasteiger partial charge < -0.3 is 10.8 Å². The number of hydrogen-bond donors (Lipinski definition) is 4. The lowest BCUT2D eigenvalue weighted by Gasteiger charge is -2.15. The maximum Gasteiger partial charge on any atom is 0.323 e. The van der Waals surface area contributed by atoms with Gasteiger partial charge in [0.05, 0.1) is 6.54 Å². The second-order valence-electron chi connectivity index (χ2n) is 3.44. The summed E-state index contributed by atoms with van der Waals surface area (Å²) in [7, 11) is 0. The Kier molecular flexibility index (Phi) is 5.58. The molecule has 0 spiro atoms. The molecule has 0 aliphatic heterocycles. The number of aliphatic carboxylic acids is 1. The molecule has 6 nitrogen and oxygen atoms in total. The Morgan fingerprint density at radius 1 is 1.60 bits per heavy atom. The molecule has 0 saturated heterocycles. The van der Waals surface area contributed by atoms with Crippen LogP contribution in [-0.2, 0) is 4.79 Å². The van der Waals surface area contributed by atoms with E-state index in [0.717, 1.165) is 0 Å². The van der Waals surface area contributed by atoms with Crippen molar-refractivity contribution in [2.75, 3.05) is 6.54 Å². The summed E-state index contributed by atoms with van der Waals surface area (Å²) in [6, 6.07) is 0. The third-order valence-corrected chi connectivity index (χ3v) is 1.79. The number of amidine groups is 1. The van der Waals surface area contributed by atoms with E-state index in [1.165, 1.54) is 6.92 Å². The van der Waals surface area contributed by atoms with E-state index in [9.17, 15) is 4.79 Å². The first-order valence-electron chi connectivity index (χ1n) is 4.48. The highest BCUT2D eigenvalue weighted by Gasteiger charge is 2.25. The first-order chi connectivity index (χ1) is 6.90. The molecule has 0 aliphatic carbocycles. The Morgan fingerprint density at radius 3 is 2.67 bits per heavy atom. The van der Waals surface area contributed by atoms with Crippen molar-refractivity contribution in [3.05, 3.63) is 12.2 Å². The molecule has 0 saturated carbocycles. The van der Waals surface area contributed by atoms with Crippen molar-refractivity contribution >= 4 is 11.8 Å². The van der Waals surface area contributed by atoms with Crippen LogP contribution in [0.15, 0.2) is 17.1 Å². The van der Waals surface area contributed by atoms with Gasteiger partial charge in [-0.25, -0.2) is 0 Å². The Bertz CT molecular complexity index is 272. The predicted octanol–water partition coefficient (Wildman–Crippen LogP) is 0.132. The Balaban J connectivity index is 3.96. The van der Waals surface area contributed by atoms with Gasteiger partial charge in [-0.3, -0.25) is 20.5 Å². The van der Waals surface area contributed by atoms with Crippen LogP contribution < -0.4 is 11.2 Å². The number of carboxylic acids is 1. The van der Waals surface area contributed by atoms with Crippen LogP contribution in [-0.4, -0.2) is 34.2 Å². The number of nitrogens with one attached hydrogen (secondary N) is 1. The summed E-state index contributed by atoms with van der Waals surface area (Å²) in [6.07, 6.45) is 3.58. The average molecular weight is 215 g/mol. The summed E-state index contributed by atoms with van der Waals surface area (Å²) in [6.45, 7) is 3.43. The number of nitrogens with zero attached hydrogens (tertiary/aromatic N) is 1. The van der Waals surface area contributed by atoms with Gasteiger partial charge in [-0.1, -0.05) is 12.2 Å². The minimum atomic E-state index is -1.25. The molecule has 0 heterocycles. The topological polar surface area (TPSA) is 108 Å². The molecule has 0 rings (SSSR count). The molecule has 0 bridgehead atoms. The largest absolute Gasteiger partial charge is 0.480 e. The zero-order chi connectivity index (χ0) is 11.9. The normalized spacial score (nSPS) is 16.4. The molecule has 86 valence electrons. The maximum atomic E-state index is 10.6.